The second-order valence-corrected chi connectivity index (χ2v) is 5.06. The lowest BCUT2D eigenvalue weighted by atomic mass is 9.83. The van der Waals surface area contributed by atoms with Gasteiger partial charge in [0, 0.05) is 32.5 Å². The van der Waals surface area contributed by atoms with Crippen LogP contribution in [0.5, 0.6) is 0 Å². The minimum atomic E-state index is 0.0334. The van der Waals surface area contributed by atoms with Crippen LogP contribution in [0.15, 0.2) is 0 Å². The number of likely N-dealkylation sites (tertiary alicyclic amines) is 1. The fourth-order valence-corrected chi connectivity index (χ4v) is 2.29. The highest BCUT2D eigenvalue weighted by molar-refractivity contribution is 5.83. The summed E-state index contributed by atoms with van der Waals surface area (Å²) in [6, 6.07) is 0. The predicted molar refractivity (Wildman–Crippen MR) is 63.6 cm³/mol. The molecule has 1 saturated carbocycles. The summed E-state index contributed by atoms with van der Waals surface area (Å²) in [7, 11) is 0. The van der Waals surface area contributed by atoms with Crippen molar-refractivity contribution in [3.63, 3.8) is 0 Å². The number of carbonyl (C=O) groups excluding carboxylic acids is 2. The third kappa shape index (κ3) is 3.80. The zero-order valence-electron chi connectivity index (χ0n) is 10.3. The fourth-order valence-electron chi connectivity index (χ4n) is 2.29. The smallest absolute Gasteiger partial charge is 0.248 e. The van der Waals surface area contributed by atoms with Crippen LogP contribution in [0.4, 0.5) is 0 Å². The molecule has 17 heavy (non-hydrogen) atoms. The Balaban J connectivity index is 1.55. The molecule has 0 atom stereocenters. The maximum absolute atomic E-state index is 11.7. The van der Waals surface area contributed by atoms with E-state index in [9.17, 15) is 9.59 Å². The minimum absolute atomic E-state index is 0.0334. The molecule has 0 N–H and O–H groups in total. The van der Waals surface area contributed by atoms with Crippen molar-refractivity contribution in [3.05, 3.63) is 0 Å². The number of ether oxygens (including phenoxy) is 1. The van der Waals surface area contributed by atoms with E-state index in [1.54, 1.807) is 4.90 Å². The summed E-state index contributed by atoms with van der Waals surface area (Å²) in [6.45, 7) is 2.03. The Hall–Kier alpha value is -0.900. The van der Waals surface area contributed by atoms with E-state index in [2.05, 4.69) is 0 Å². The van der Waals surface area contributed by atoms with Crippen LogP contribution in [0.25, 0.3) is 0 Å². The monoisotopic (exact) mass is 239 g/mol. The van der Waals surface area contributed by atoms with Crippen molar-refractivity contribution < 1.29 is 14.3 Å². The van der Waals surface area contributed by atoms with Crippen molar-refractivity contribution in [2.45, 2.75) is 38.5 Å². The van der Waals surface area contributed by atoms with Crippen LogP contribution in [0.1, 0.15) is 38.5 Å². The van der Waals surface area contributed by atoms with Gasteiger partial charge >= 0.3 is 0 Å². The second-order valence-electron chi connectivity index (χ2n) is 5.06. The number of nitrogens with zero attached hydrogens (tertiary/aromatic N) is 1. The lowest BCUT2D eigenvalue weighted by Crippen LogP contribution is -2.40. The Labute approximate surface area is 102 Å². The van der Waals surface area contributed by atoms with Gasteiger partial charge in [0.15, 0.2) is 0 Å². The van der Waals surface area contributed by atoms with E-state index in [1.807, 2.05) is 0 Å². The molecule has 2 rings (SSSR count). The SMILES string of the molecule is O=C1CCN(C(=O)COCCC2CCC2)CC1. The van der Waals surface area contributed by atoms with Gasteiger partial charge in [-0.25, -0.2) is 0 Å². The molecule has 1 aliphatic carbocycles. The first-order valence-corrected chi connectivity index (χ1v) is 6.63. The Bertz CT molecular complexity index is 276. The number of rotatable bonds is 5. The molecule has 2 aliphatic rings. The number of piperidine rings is 1. The van der Waals surface area contributed by atoms with Crippen LogP contribution in [0, 0.1) is 5.92 Å². The molecule has 0 aromatic carbocycles. The first-order chi connectivity index (χ1) is 8.25. The van der Waals surface area contributed by atoms with Crippen LogP contribution in [0.3, 0.4) is 0 Å². The molecule has 4 nitrogen and oxygen atoms in total. The van der Waals surface area contributed by atoms with Crippen LogP contribution < -0.4 is 0 Å². The van der Waals surface area contributed by atoms with E-state index in [-0.39, 0.29) is 18.3 Å². The van der Waals surface area contributed by atoms with Gasteiger partial charge in [-0.15, -0.1) is 0 Å². The average Bonchev–Trinajstić information content (AvgIpc) is 2.27. The van der Waals surface area contributed by atoms with Gasteiger partial charge in [-0.3, -0.25) is 9.59 Å². The molecule has 1 saturated heterocycles. The lowest BCUT2D eigenvalue weighted by Gasteiger charge is -2.27. The van der Waals surface area contributed by atoms with Crippen molar-refractivity contribution in [1.29, 1.82) is 0 Å². The van der Waals surface area contributed by atoms with Gasteiger partial charge in [-0.2, -0.15) is 0 Å². The van der Waals surface area contributed by atoms with Gasteiger partial charge in [0.2, 0.25) is 5.91 Å². The summed E-state index contributed by atoms with van der Waals surface area (Å²) in [6.07, 6.45) is 6.11. The van der Waals surface area contributed by atoms with Crippen molar-refractivity contribution in [2.24, 2.45) is 5.92 Å². The molecule has 2 fully saturated rings. The average molecular weight is 239 g/mol. The van der Waals surface area contributed by atoms with E-state index in [0.717, 1.165) is 12.3 Å². The highest BCUT2D eigenvalue weighted by Gasteiger charge is 2.21. The van der Waals surface area contributed by atoms with Crippen LogP contribution in [-0.4, -0.2) is 42.9 Å². The molecule has 0 aromatic rings. The number of Topliss-reactive ketones (excluding diaryl/α,β-unsaturated/α-hetero) is 1. The highest BCUT2D eigenvalue weighted by atomic mass is 16.5. The summed E-state index contributed by atoms with van der Waals surface area (Å²) in [5, 5.41) is 0. The van der Waals surface area contributed by atoms with Gasteiger partial charge in [-0.05, 0) is 12.3 Å². The maximum atomic E-state index is 11.7. The number of hydrogen-bond acceptors (Lipinski definition) is 3. The largest absolute Gasteiger partial charge is 0.372 e. The molecule has 0 spiro atoms. The number of hydrogen-bond donors (Lipinski definition) is 0. The summed E-state index contributed by atoms with van der Waals surface area (Å²) >= 11 is 0. The van der Waals surface area contributed by atoms with Crippen molar-refractivity contribution >= 4 is 11.7 Å². The fraction of sp³-hybridized carbons (Fsp3) is 0.846. The Kier molecular flexibility index (Phi) is 4.54. The zero-order chi connectivity index (χ0) is 12.1. The van der Waals surface area contributed by atoms with E-state index in [4.69, 9.17) is 4.74 Å². The zero-order valence-corrected chi connectivity index (χ0v) is 10.3. The topological polar surface area (TPSA) is 46.6 Å². The summed E-state index contributed by atoms with van der Waals surface area (Å²) in [4.78, 5) is 24.5. The van der Waals surface area contributed by atoms with Crippen molar-refractivity contribution in [2.75, 3.05) is 26.3 Å². The molecular formula is C13H21NO3. The molecule has 1 heterocycles. The molecule has 0 radical (unpaired) electrons. The summed E-state index contributed by atoms with van der Waals surface area (Å²) in [5.41, 5.74) is 0. The second kappa shape index (κ2) is 6.15. The van der Waals surface area contributed by atoms with E-state index in [0.29, 0.717) is 32.5 Å². The highest BCUT2D eigenvalue weighted by Crippen LogP contribution is 2.29. The van der Waals surface area contributed by atoms with Gasteiger partial charge in [0.25, 0.3) is 0 Å². The summed E-state index contributed by atoms with van der Waals surface area (Å²) < 4.78 is 5.41. The third-order valence-electron chi connectivity index (χ3n) is 3.79. The molecule has 4 heteroatoms. The molecule has 96 valence electrons. The minimum Gasteiger partial charge on any atom is -0.372 e. The first-order valence-electron chi connectivity index (χ1n) is 6.63. The third-order valence-corrected chi connectivity index (χ3v) is 3.79. The number of amides is 1. The maximum Gasteiger partial charge on any atom is 0.248 e. The van der Waals surface area contributed by atoms with Gasteiger partial charge in [-0.1, -0.05) is 19.3 Å². The van der Waals surface area contributed by atoms with E-state index >= 15 is 0 Å². The van der Waals surface area contributed by atoms with Gasteiger partial charge in [0.05, 0.1) is 0 Å². The predicted octanol–water partition coefficient (Wildman–Crippen LogP) is 1.38. The van der Waals surface area contributed by atoms with Crippen molar-refractivity contribution in [1.82, 2.24) is 4.90 Å². The van der Waals surface area contributed by atoms with Gasteiger partial charge in [0.1, 0.15) is 12.4 Å². The Morgan fingerprint density at radius 3 is 2.59 bits per heavy atom. The molecule has 1 amide bonds. The number of carbonyl (C=O) groups is 2. The molecule has 0 bridgehead atoms. The van der Waals surface area contributed by atoms with Crippen LogP contribution in [-0.2, 0) is 14.3 Å². The first kappa shape index (κ1) is 12.6. The van der Waals surface area contributed by atoms with Gasteiger partial charge < -0.3 is 9.64 Å². The molecule has 0 aromatic heterocycles. The molecular weight excluding hydrogens is 218 g/mol. The van der Waals surface area contributed by atoms with Crippen molar-refractivity contribution in [3.8, 4) is 0 Å². The number of ketones is 1. The molecule has 1 aliphatic heterocycles. The Morgan fingerprint density at radius 1 is 1.29 bits per heavy atom. The lowest BCUT2D eigenvalue weighted by molar-refractivity contribution is -0.139. The van der Waals surface area contributed by atoms with Crippen LogP contribution in [0.2, 0.25) is 0 Å². The summed E-state index contributed by atoms with van der Waals surface area (Å²) in [5.74, 6) is 1.13. The normalized spacial score (nSPS) is 21.4. The molecule has 0 unspecified atom stereocenters. The van der Waals surface area contributed by atoms with E-state index in [1.165, 1.54) is 19.3 Å². The Morgan fingerprint density at radius 2 is 2.00 bits per heavy atom. The van der Waals surface area contributed by atoms with E-state index < -0.39 is 0 Å². The van der Waals surface area contributed by atoms with Crippen LogP contribution >= 0.6 is 0 Å². The standard InChI is InChI=1S/C13H21NO3/c15-12-4-7-14(8-5-12)13(16)10-17-9-6-11-2-1-3-11/h11H,1-10H2. The quantitative estimate of drug-likeness (QED) is 0.681.